The molecule has 9 nitrogen and oxygen atoms in total. The van der Waals surface area contributed by atoms with Gasteiger partial charge in [-0.2, -0.15) is 0 Å². The lowest BCUT2D eigenvalue weighted by Crippen LogP contribution is -2.42. The molecule has 0 saturated carbocycles. The number of imidazole rings is 1. The number of halogens is 2. The first-order valence-electron chi connectivity index (χ1n) is 13.6. The number of nitrogens with zero attached hydrogens (tertiary/aromatic N) is 3. The topological polar surface area (TPSA) is 99.7 Å². The second-order valence-corrected chi connectivity index (χ2v) is 11.1. The van der Waals surface area contributed by atoms with Crippen molar-refractivity contribution in [2.45, 2.75) is 18.9 Å². The molecule has 3 heterocycles. The largest absolute Gasteiger partial charge is 0.378 e. The first-order chi connectivity index (χ1) is 19.9. The zero-order valence-corrected chi connectivity index (χ0v) is 23.8. The van der Waals surface area contributed by atoms with Gasteiger partial charge >= 0.3 is 11.7 Å². The van der Waals surface area contributed by atoms with Crippen molar-refractivity contribution < 1.29 is 14.3 Å². The minimum Gasteiger partial charge on any atom is -0.378 e. The number of ether oxygens (including phenoxy) is 1. The number of likely N-dealkylation sites (tertiary alicyclic amines) is 1. The molecule has 0 spiro atoms. The average molecular weight is 594 g/mol. The zero-order chi connectivity index (χ0) is 28.5. The highest BCUT2D eigenvalue weighted by molar-refractivity contribution is 6.42. The number of anilines is 1. The average Bonchev–Trinajstić information content (AvgIpc) is 3.35. The van der Waals surface area contributed by atoms with Gasteiger partial charge < -0.3 is 24.8 Å². The highest BCUT2D eigenvalue weighted by Gasteiger charge is 2.27. The molecule has 2 saturated heterocycles. The number of carbonyl (C=O) groups is 2. The Balaban J connectivity index is 1.20. The number of aromatic amines is 1. The Labute approximate surface area is 246 Å². The lowest BCUT2D eigenvalue weighted by atomic mass is 10.0. The monoisotopic (exact) mass is 593 g/mol. The number of nitrogens with one attached hydrogen (secondary N) is 2. The van der Waals surface area contributed by atoms with E-state index in [4.69, 9.17) is 27.9 Å². The van der Waals surface area contributed by atoms with Gasteiger partial charge in [0.05, 0.1) is 34.3 Å². The molecule has 0 aliphatic carbocycles. The van der Waals surface area contributed by atoms with Crippen LogP contribution < -0.4 is 11.0 Å². The van der Waals surface area contributed by atoms with Crippen LogP contribution in [0.15, 0.2) is 65.5 Å². The smallest absolute Gasteiger partial charge is 0.326 e. The Morgan fingerprint density at radius 2 is 1.63 bits per heavy atom. The molecule has 4 aromatic rings. The molecular formula is C30H29Cl2N5O4. The lowest BCUT2D eigenvalue weighted by molar-refractivity contribution is 0.0303. The summed E-state index contributed by atoms with van der Waals surface area (Å²) in [5.41, 5.74) is 4.23. The number of urea groups is 1. The fourth-order valence-corrected chi connectivity index (χ4v) is 5.92. The molecule has 0 radical (unpaired) electrons. The van der Waals surface area contributed by atoms with Crippen LogP contribution in [0.4, 0.5) is 10.5 Å². The molecule has 0 bridgehead atoms. The predicted octanol–water partition coefficient (Wildman–Crippen LogP) is 5.64. The van der Waals surface area contributed by atoms with Crippen LogP contribution in [0.3, 0.4) is 0 Å². The van der Waals surface area contributed by atoms with Crippen molar-refractivity contribution in [2.75, 3.05) is 44.7 Å². The molecule has 0 atom stereocenters. The second-order valence-electron chi connectivity index (χ2n) is 10.3. The number of rotatable bonds is 4. The Morgan fingerprint density at radius 1 is 0.878 bits per heavy atom. The number of amides is 3. The van der Waals surface area contributed by atoms with E-state index < -0.39 is 0 Å². The van der Waals surface area contributed by atoms with Gasteiger partial charge in [-0.15, -0.1) is 0 Å². The number of para-hydroxylation sites is 1. The molecule has 2 N–H and O–H groups in total. The number of H-pyrrole nitrogens is 1. The third-order valence-corrected chi connectivity index (χ3v) is 8.50. The molecule has 41 heavy (non-hydrogen) atoms. The van der Waals surface area contributed by atoms with Gasteiger partial charge in [-0.1, -0.05) is 47.5 Å². The summed E-state index contributed by atoms with van der Waals surface area (Å²) in [7, 11) is 0. The second kappa shape index (κ2) is 11.6. The van der Waals surface area contributed by atoms with Crippen molar-refractivity contribution in [3.8, 4) is 11.1 Å². The van der Waals surface area contributed by atoms with Crippen molar-refractivity contribution >= 4 is 51.9 Å². The van der Waals surface area contributed by atoms with Gasteiger partial charge in [-0.3, -0.25) is 9.36 Å². The number of hydrogen-bond acceptors (Lipinski definition) is 4. The van der Waals surface area contributed by atoms with Crippen LogP contribution in [0, 0.1) is 0 Å². The molecule has 212 valence electrons. The first-order valence-corrected chi connectivity index (χ1v) is 14.4. The summed E-state index contributed by atoms with van der Waals surface area (Å²) in [6.07, 6.45) is 1.27. The van der Waals surface area contributed by atoms with Crippen LogP contribution in [0.2, 0.25) is 10.0 Å². The predicted molar refractivity (Wildman–Crippen MR) is 160 cm³/mol. The Kier molecular flexibility index (Phi) is 7.75. The summed E-state index contributed by atoms with van der Waals surface area (Å²) in [5.74, 6) is -0.0247. The van der Waals surface area contributed by atoms with Crippen LogP contribution >= 0.6 is 23.2 Å². The van der Waals surface area contributed by atoms with Gasteiger partial charge in [-0.05, 0) is 54.8 Å². The lowest BCUT2D eigenvalue weighted by Gasteiger charge is -2.32. The fraction of sp³-hybridized carbons (Fsp3) is 0.300. The van der Waals surface area contributed by atoms with Crippen molar-refractivity contribution in [1.29, 1.82) is 0 Å². The minimum absolute atomic E-state index is 0.0247. The van der Waals surface area contributed by atoms with Gasteiger partial charge in [0.2, 0.25) is 0 Å². The minimum atomic E-state index is -0.220. The summed E-state index contributed by atoms with van der Waals surface area (Å²) in [6, 6.07) is 18.0. The first kappa shape index (κ1) is 27.4. The molecule has 2 aliphatic heterocycles. The van der Waals surface area contributed by atoms with E-state index in [-0.39, 0.29) is 23.7 Å². The van der Waals surface area contributed by atoms with E-state index in [0.717, 1.165) is 22.2 Å². The van der Waals surface area contributed by atoms with E-state index in [1.165, 1.54) is 0 Å². The molecule has 1 aromatic heterocycles. The van der Waals surface area contributed by atoms with Crippen LogP contribution in [-0.4, -0.2) is 70.7 Å². The van der Waals surface area contributed by atoms with Crippen molar-refractivity contribution in [2.24, 2.45) is 0 Å². The molecule has 3 amide bonds. The van der Waals surface area contributed by atoms with E-state index >= 15 is 0 Å². The summed E-state index contributed by atoms with van der Waals surface area (Å²) in [6.45, 7) is 3.24. The molecule has 6 rings (SSSR count). The molecule has 3 aromatic carbocycles. The standard InChI is InChI=1S/C30H29Cl2N5O4/c31-24-8-7-21(18-25(24)32)33-29(39)36-11-9-22(10-12-36)37-26-6-2-5-23(27(26)34-30(37)40)19-3-1-4-20(17-19)28(38)35-13-15-41-16-14-35/h1-8,17-18,22H,9-16H2,(H,33,39)(H,34,40). The number of fused-ring (bicyclic) bond motifs is 1. The Hall–Kier alpha value is -3.79. The van der Waals surface area contributed by atoms with E-state index in [2.05, 4.69) is 10.3 Å². The van der Waals surface area contributed by atoms with Crippen LogP contribution in [0.25, 0.3) is 22.2 Å². The summed E-state index contributed by atoms with van der Waals surface area (Å²) >= 11 is 12.0. The highest BCUT2D eigenvalue weighted by Crippen LogP contribution is 2.32. The van der Waals surface area contributed by atoms with Crippen molar-refractivity contribution in [3.63, 3.8) is 0 Å². The number of piperidine rings is 1. The van der Waals surface area contributed by atoms with Gasteiger partial charge in [0.25, 0.3) is 5.91 Å². The van der Waals surface area contributed by atoms with Gasteiger partial charge in [0.15, 0.2) is 0 Å². The number of hydrogen-bond donors (Lipinski definition) is 2. The molecule has 2 fully saturated rings. The quantitative estimate of drug-likeness (QED) is 0.319. The molecule has 2 aliphatic rings. The van der Waals surface area contributed by atoms with Gasteiger partial charge in [0.1, 0.15) is 0 Å². The summed E-state index contributed by atoms with van der Waals surface area (Å²) < 4.78 is 7.18. The van der Waals surface area contributed by atoms with Crippen molar-refractivity contribution in [1.82, 2.24) is 19.4 Å². The van der Waals surface area contributed by atoms with Gasteiger partial charge in [0, 0.05) is 49.0 Å². The number of carbonyl (C=O) groups excluding carboxylic acids is 2. The zero-order valence-electron chi connectivity index (χ0n) is 22.2. The Bertz CT molecular complexity index is 1670. The highest BCUT2D eigenvalue weighted by atomic mass is 35.5. The fourth-order valence-electron chi connectivity index (χ4n) is 5.62. The third-order valence-electron chi connectivity index (χ3n) is 7.76. The summed E-state index contributed by atoms with van der Waals surface area (Å²) in [5, 5.41) is 3.66. The SMILES string of the molecule is O=C(Nc1ccc(Cl)c(Cl)c1)N1CCC(n2c(=O)[nH]c3c(-c4cccc(C(=O)N5CCOCC5)c4)cccc32)CC1. The number of morpholine rings is 1. The van der Waals surface area contributed by atoms with Gasteiger partial charge in [-0.25, -0.2) is 9.59 Å². The Morgan fingerprint density at radius 3 is 2.39 bits per heavy atom. The van der Waals surface area contributed by atoms with Crippen LogP contribution in [0.5, 0.6) is 0 Å². The number of benzene rings is 3. The van der Waals surface area contributed by atoms with Crippen LogP contribution in [0.1, 0.15) is 29.2 Å². The third kappa shape index (κ3) is 5.57. The maximum atomic E-state index is 13.2. The molecular weight excluding hydrogens is 565 g/mol. The maximum absolute atomic E-state index is 13.2. The van der Waals surface area contributed by atoms with E-state index in [1.807, 2.05) is 42.5 Å². The van der Waals surface area contributed by atoms with E-state index in [9.17, 15) is 14.4 Å². The van der Waals surface area contributed by atoms with Crippen molar-refractivity contribution in [3.05, 3.63) is 86.8 Å². The van der Waals surface area contributed by atoms with Crippen LogP contribution in [-0.2, 0) is 4.74 Å². The number of aromatic nitrogens is 2. The normalized spacial score (nSPS) is 16.2. The van der Waals surface area contributed by atoms with E-state index in [0.29, 0.717) is 73.5 Å². The molecule has 0 unspecified atom stereocenters. The maximum Gasteiger partial charge on any atom is 0.326 e. The summed E-state index contributed by atoms with van der Waals surface area (Å²) in [4.78, 5) is 45.8. The molecule has 11 heteroatoms. The van der Waals surface area contributed by atoms with E-state index in [1.54, 1.807) is 32.6 Å².